The number of rotatable bonds is 0. The highest BCUT2D eigenvalue weighted by atomic mass is 16.5. The van der Waals surface area contributed by atoms with Crippen molar-refractivity contribution in [1.82, 2.24) is 0 Å². The minimum absolute atomic E-state index is 0.435. The van der Waals surface area contributed by atoms with Crippen molar-refractivity contribution in [2.24, 2.45) is 5.41 Å². The van der Waals surface area contributed by atoms with Gasteiger partial charge in [-0.15, -0.1) is 0 Å². The zero-order chi connectivity index (χ0) is 12.1. The molecule has 0 saturated heterocycles. The number of hydrogen-bond donors (Lipinski definition) is 0. The maximum Gasteiger partial charge on any atom is 0.284 e. The lowest BCUT2D eigenvalue weighted by molar-refractivity contribution is -0.558. The van der Waals surface area contributed by atoms with E-state index < -0.39 is 11.1 Å². The van der Waals surface area contributed by atoms with E-state index in [4.69, 9.17) is 0 Å². The third-order valence-corrected chi connectivity index (χ3v) is 3.53. The lowest BCUT2D eigenvalue weighted by Gasteiger charge is -2.42. The van der Waals surface area contributed by atoms with Gasteiger partial charge >= 0.3 is 0 Å². The quantitative estimate of drug-likeness (QED) is 0.631. The monoisotopic (exact) mass is 220 g/mol. The zero-order valence-electron chi connectivity index (χ0n) is 10.0. The largest absolute Gasteiger partial charge is 0.753 e. The van der Waals surface area contributed by atoms with Gasteiger partial charge in [-0.1, -0.05) is 32.9 Å². The average Bonchev–Trinajstić information content (AvgIpc) is 2.42. The van der Waals surface area contributed by atoms with E-state index >= 15 is 0 Å². The van der Waals surface area contributed by atoms with Crippen molar-refractivity contribution in [3.8, 4) is 0 Å². The first-order chi connectivity index (χ1) is 7.30. The Kier molecular flexibility index (Phi) is 2.11. The van der Waals surface area contributed by atoms with Crippen LogP contribution < -0.4 is 5.06 Å². The summed E-state index contributed by atoms with van der Waals surface area (Å²) in [6, 6.07) is 6.91. The molecule has 1 aromatic rings. The molecule has 0 N–H and O–H groups in total. The summed E-state index contributed by atoms with van der Waals surface area (Å²) in [5, 5.41) is 13.1. The Morgan fingerprint density at radius 2 is 1.88 bits per heavy atom. The predicted octanol–water partition coefficient (Wildman–Crippen LogP) is 3.18. The Labute approximate surface area is 95.0 Å². The molecule has 0 radical (unpaired) electrons. The van der Waals surface area contributed by atoms with Crippen LogP contribution in [0.4, 0.5) is 11.4 Å². The van der Waals surface area contributed by atoms with Crippen LogP contribution in [0.25, 0.3) is 0 Å². The van der Waals surface area contributed by atoms with Gasteiger partial charge in [0.25, 0.3) is 11.4 Å². The van der Waals surface area contributed by atoms with Crippen LogP contribution in [0, 0.1) is 15.5 Å². The molecule has 0 spiro atoms. The van der Waals surface area contributed by atoms with Crippen molar-refractivity contribution in [3.63, 3.8) is 0 Å². The van der Waals surface area contributed by atoms with Crippen molar-refractivity contribution < 1.29 is 4.76 Å². The molecule has 1 aliphatic rings. The number of para-hydroxylation sites is 2. The molecule has 2 rings (SSSR count). The summed E-state index contributed by atoms with van der Waals surface area (Å²) in [5.74, 6) is 0. The van der Waals surface area contributed by atoms with Crippen LogP contribution in [-0.2, 0) is 0 Å². The normalized spacial score (nSPS) is 24.8. The van der Waals surface area contributed by atoms with E-state index in [2.05, 4.69) is 0 Å². The van der Waals surface area contributed by atoms with Gasteiger partial charge in [-0.3, -0.25) is 0 Å². The first-order valence-electron chi connectivity index (χ1n) is 5.34. The van der Waals surface area contributed by atoms with Crippen LogP contribution in [0.3, 0.4) is 0 Å². The number of fused-ring (bicyclic) bond motifs is 1. The second kappa shape index (κ2) is 3.04. The Hall–Kier alpha value is -1.42. The minimum Gasteiger partial charge on any atom is -0.753 e. The first-order valence-corrected chi connectivity index (χ1v) is 5.34. The molecule has 0 aliphatic carbocycles. The highest BCUT2D eigenvalue weighted by molar-refractivity contribution is 5.68. The molecular weight excluding hydrogens is 204 g/mol. The Bertz CT molecular complexity index is 451. The van der Waals surface area contributed by atoms with Gasteiger partial charge in [0, 0.05) is 17.9 Å². The molecule has 1 aliphatic heterocycles. The highest BCUT2D eigenvalue weighted by Gasteiger charge is 2.59. The van der Waals surface area contributed by atoms with Crippen molar-refractivity contribution in [1.29, 1.82) is 0 Å². The van der Waals surface area contributed by atoms with Crippen molar-refractivity contribution >= 4 is 11.4 Å². The minimum atomic E-state index is -1.09. The smallest absolute Gasteiger partial charge is 0.284 e. The molecular formula is C12H16N2O2. The molecule has 0 bridgehead atoms. The van der Waals surface area contributed by atoms with Gasteiger partial charge in [-0.05, 0) is 6.07 Å². The molecule has 0 aromatic heterocycles. The molecule has 1 atom stereocenters. The molecule has 86 valence electrons. The molecule has 0 saturated carbocycles. The molecule has 1 heterocycles. The van der Waals surface area contributed by atoms with Crippen molar-refractivity contribution in [3.05, 3.63) is 34.4 Å². The topological polar surface area (TPSA) is 46.4 Å². The van der Waals surface area contributed by atoms with E-state index in [1.807, 2.05) is 20.8 Å². The third kappa shape index (κ3) is 1.13. The Morgan fingerprint density at radius 3 is 2.38 bits per heavy atom. The van der Waals surface area contributed by atoms with Gasteiger partial charge in [-0.25, -0.2) is 0 Å². The summed E-state index contributed by atoms with van der Waals surface area (Å²) in [6.07, 6.45) is 0. The number of anilines is 1. The van der Waals surface area contributed by atoms with Crippen molar-refractivity contribution in [2.45, 2.75) is 33.4 Å². The van der Waals surface area contributed by atoms with Crippen LogP contribution in [0.1, 0.15) is 27.7 Å². The van der Waals surface area contributed by atoms with Gasteiger partial charge in [-0.2, -0.15) is 0 Å². The maximum absolute atomic E-state index is 12.3. The van der Waals surface area contributed by atoms with E-state index in [0.29, 0.717) is 11.4 Å². The van der Waals surface area contributed by atoms with E-state index in [-0.39, 0.29) is 0 Å². The summed E-state index contributed by atoms with van der Waals surface area (Å²) in [4.78, 5) is 12.3. The van der Waals surface area contributed by atoms with Crippen LogP contribution >= 0.6 is 0 Å². The SMILES string of the molecule is CC(C)(C)C1(C)N([O-])c2ccccc2[N+]1=O. The van der Waals surface area contributed by atoms with Crippen LogP contribution in [0.15, 0.2) is 24.3 Å². The Balaban J connectivity index is 2.63. The fraction of sp³-hybridized carbons (Fsp3) is 0.500. The summed E-state index contributed by atoms with van der Waals surface area (Å²) < 4.78 is 0.829. The average molecular weight is 220 g/mol. The van der Waals surface area contributed by atoms with Crippen LogP contribution in [0.2, 0.25) is 0 Å². The fourth-order valence-electron chi connectivity index (χ4n) is 1.97. The number of hydroxylamine groups is 1. The molecule has 1 unspecified atom stereocenters. The number of nitroso groups, excluding NO2 is 1. The summed E-state index contributed by atoms with van der Waals surface area (Å²) in [6.45, 7) is 7.38. The van der Waals surface area contributed by atoms with E-state index in [0.717, 1.165) is 9.82 Å². The molecule has 4 nitrogen and oxygen atoms in total. The van der Waals surface area contributed by atoms with Gasteiger partial charge in [0.15, 0.2) is 0 Å². The summed E-state index contributed by atoms with van der Waals surface area (Å²) in [7, 11) is 0. The van der Waals surface area contributed by atoms with Crippen LogP contribution in [0.5, 0.6) is 0 Å². The second-order valence-electron chi connectivity index (χ2n) is 5.35. The standard InChI is InChI=1S/C12H16N2O2/c1-11(2,3)12(4)13(15)9-7-5-6-8-10(9)14(12)16/h5-8H,1-4H3. The molecule has 16 heavy (non-hydrogen) atoms. The Morgan fingerprint density at radius 1 is 1.31 bits per heavy atom. The second-order valence-corrected chi connectivity index (χ2v) is 5.35. The molecule has 4 heteroatoms. The maximum atomic E-state index is 12.3. The first kappa shape index (κ1) is 11.1. The molecule has 0 amide bonds. The summed E-state index contributed by atoms with van der Waals surface area (Å²) >= 11 is 0. The molecule has 1 aromatic carbocycles. The van der Waals surface area contributed by atoms with E-state index in [1.54, 1.807) is 31.2 Å². The van der Waals surface area contributed by atoms with Gasteiger partial charge in [0.05, 0.1) is 10.2 Å². The van der Waals surface area contributed by atoms with Gasteiger partial charge in [0.2, 0.25) is 0 Å². The van der Waals surface area contributed by atoms with Crippen molar-refractivity contribution in [2.75, 3.05) is 5.06 Å². The third-order valence-electron chi connectivity index (χ3n) is 3.53. The number of benzene rings is 1. The summed E-state index contributed by atoms with van der Waals surface area (Å²) in [5.41, 5.74) is -0.614. The molecule has 0 fully saturated rings. The van der Waals surface area contributed by atoms with Gasteiger partial charge in [0.1, 0.15) is 5.69 Å². The van der Waals surface area contributed by atoms with Crippen LogP contribution in [-0.4, -0.2) is 10.4 Å². The van der Waals surface area contributed by atoms with E-state index in [1.165, 1.54) is 0 Å². The number of nitrogens with zero attached hydrogens (tertiary/aromatic N) is 2. The lowest BCUT2D eigenvalue weighted by atomic mass is 9.81. The van der Waals surface area contributed by atoms with Gasteiger partial charge < -0.3 is 10.3 Å². The highest BCUT2D eigenvalue weighted by Crippen LogP contribution is 2.49. The van der Waals surface area contributed by atoms with E-state index in [9.17, 15) is 10.1 Å². The zero-order valence-corrected chi connectivity index (χ0v) is 10.0. The lowest BCUT2D eigenvalue weighted by Crippen LogP contribution is -2.55. The fourth-order valence-corrected chi connectivity index (χ4v) is 1.97. The predicted molar refractivity (Wildman–Crippen MR) is 63.4 cm³/mol. The number of hydrogen-bond acceptors (Lipinski definition) is 3.